The molecule has 138 valence electrons. The summed E-state index contributed by atoms with van der Waals surface area (Å²) >= 11 is -0.645. The van der Waals surface area contributed by atoms with Crippen molar-refractivity contribution >= 4 is 27.0 Å². The fourth-order valence-corrected chi connectivity index (χ4v) is 4.44. The number of nitro groups is 1. The molecule has 1 atom stereocenters. The monoisotopic (exact) mass is 470 g/mol. The highest BCUT2D eigenvalue weighted by atomic mass is 127. The van der Waals surface area contributed by atoms with Crippen LogP contribution < -0.4 is 5.32 Å². The molecule has 3 rings (SSSR count). The zero-order valence-electron chi connectivity index (χ0n) is 14.2. The maximum absolute atomic E-state index is 12.5. The lowest BCUT2D eigenvalue weighted by molar-refractivity contribution is -0.420. The first-order chi connectivity index (χ1) is 12.5. The van der Waals surface area contributed by atoms with Crippen molar-refractivity contribution in [3.8, 4) is 0 Å². The van der Waals surface area contributed by atoms with Crippen molar-refractivity contribution in [1.29, 1.82) is 0 Å². The predicted molar refractivity (Wildman–Crippen MR) is 104 cm³/mol. The smallest absolute Gasteiger partial charge is 0.332 e. The Morgan fingerprint density at radius 3 is 2.92 bits per heavy atom. The Kier molecular flexibility index (Phi) is 5.77. The van der Waals surface area contributed by atoms with E-state index in [0.717, 1.165) is 5.56 Å². The molecule has 2 aliphatic rings. The number of carbonyl (C=O) groups is 1. The summed E-state index contributed by atoms with van der Waals surface area (Å²) in [6, 6.07) is 9.97. The molecule has 1 aromatic rings. The maximum Gasteiger partial charge on any atom is 0.332 e. The summed E-state index contributed by atoms with van der Waals surface area (Å²) in [6.45, 7) is 1.79. The van der Waals surface area contributed by atoms with Crippen LogP contribution in [0, 0.1) is 10.1 Å². The Morgan fingerprint density at radius 1 is 1.46 bits per heavy atom. The molecule has 26 heavy (non-hydrogen) atoms. The first-order valence-electron chi connectivity index (χ1n) is 8.06. The highest BCUT2D eigenvalue weighted by Crippen LogP contribution is 2.29. The molecule has 1 aromatic carbocycles. The summed E-state index contributed by atoms with van der Waals surface area (Å²) in [5.74, 6) is -0.247. The largest absolute Gasteiger partial charge is 0.467 e. The van der Waals surface area contributed by atoms with Crippen LogP contribution in [0.4, 0.5) is 0 Å². The molecule has 1 saturated heterocycles. The number of allylic oxidation sites excluding steroid dienone is 1. The quantitative estimate of drug-likeness (QED) is 0.297. The predicted octanol–water partition coefficient (Wildman–Crippen LogP) is 2.52. The number of benzene rings is 1. The molecule has 8 nitrogen and oxygen atoms in total. The van der Waals surface area contributed by atoms with Crippen LogP contribution in [0.25, 0.3) is 0 Å². The SMILES string of the molecule is COC(=O)C1(NC2=C([N+](=O)[O-])C=CI=N2)CCN(Cc2ccccc2)C1. The number of hydrogen-bond acceptors (Lipinski definition) is 7. The third-order valence-electron chi connectivity index (χ3n) is 4.38. The summed E-state index contributed by atoms with van der Waals surface area (Å²) in [6.07, 6.45) is 1.96. The van der Waals surface area contributed by atoms with Gasteiger partial charge in [0.15, 0.2) is 5.54 Å². The van der Waals surface area contributed by atoms with Crippen LogP contribution in [0.1, 0.15) is 12.0 Å². The molecule has 1 N–H and O–H groups in total. The second-order valence-electron chi connectivity index (χ2n) is 6.11. The number of carbonyl (C=O) groups excluding carboxylic acids is 1. The van der Waals surface area contributed by atoms with Gasteiger partial charge in [-0.1, -0.05) is 30.3 Å². The van der Waals surface area contributed by atoms with E-state index >= 15 is 0 Å². The summed E-state index contributed by atoms with van der Waals surface area (Å²) in [7, 11) is 1.33. The first-order valence-corrected chi connectivity index (χ1v) is 10.3. The molecule has 1 fully saturated rings. The topological polar surface area (TPSA) is 97.1 Å². The van der Waals surface area contributed by atoms with Crippen LogP contribution in [-0.2, 0) is 16.1 Å². The van der Waals surface area contributed by atoms with Crippen molar-refractivity contribution in [3.05, 3.63) is 67.7 Å². The summed E-state index contributed by atoms with van der Waals surface area (Å²) in [4.78, 5) is 25.5. The van der Waals surface area contributed by atoms with Crippen molar-refractivity contribution in [2.45, 2.75) is 18.5 Å². The Bertz CT molecular complexity index is 793. The summed E-state index contributed by atoms with van der Waals surface area (Å²) < 4.78 is 11.0. The molecule has 2 aliphatic heterocycles. The summed E-state index contributed by atoms with van der Waals surface area (Å²) in [5, 5.41) is 14.3. The van der Waals surface area contributed by atoms with E-state index in [1.807, 2.05) is 30.3 Å². The molecule has 0 saturated carbocycles. The van der Waals surface area contributed by atoms with Crippen LogP contribution in [-0.4, -0.2) is 41.5 Å². The van der Waals surface area contributed by atoms with Gasteiger partial charge in [-0.15, -0.1) is 0 Å². The Morgan fingerprint density at radius 2 is 2.23 bits per heavy atom. The van der Waals surface area contributed by atoms with Crippen molar-refractivity contribution in [2.75, 3.05) is 20.2 Å². The van der Waals surface area contributed by atoms with E-state index in [9.17, 15) is 14.9 Å². The van der Waals surface area contributed by atoms with Crippen LogP contribution in [0.2, 0.25) is 0 Å². The highest BCUT2D eigenvalue weighted by Gasteiger charge is 2.47. The molecule has 2 heterocycles. The fourth-order valence-electron chi connectivity index (χ4n) is 3.13. The number of hydrogen-bond donors (Lipinski definition) is 1. The average Bonchev–Trinajstić information content (AvgIpc) is 3.06. The van der Waals surface area contributed by atoms with Gasteiger partial charge in [0.05, 0.1) is 12.0 Å². The van der Waals surface area contributed by atoms with Gasteiger partial charge in [-0.2, -0.15) is 3.15 Å². The number of methoxy groups -OCH3 is 1. The zero-order valence-corrected chi connectivity index (χ0v) is 16.4. The van der Waals surface area contributed by atoms with Crippen molar-refractivity contribution < 1.29 is 14.5 Å². The standard InChI is InChI=1S/C17H19IN4O4/c1-26-16(23)17(19-15-14(22(24)25)7-9-18-20-15)8-10-21(12-17)11-13-5-3-2-4-6-13/h2-7,9H,8,10-12H2,1H3,(H,19,20). The highest BCUT2D eigenvalue weighted by molar-refractivity contribution is 14.2. The van der Waals surface area contributed by atoms with Gasteiger partial charge >= 0.3 is 11.7 Å². The Hall–Kier alpha value is -2.14. The number of nitrogens with zero attached hydrogens (tertiary/aromatic N) is 3. The maximum atomic E-state index is 12.5. The molecule has 0 radical (unpaired) electrons. The number of esters is 1. The molecule has 1 unspecified atom stereocenters. The van der Waals surface area contributed by atoms with Gasteiger partial charge in [-0.3, -0.25) is 15.0 Å². The molecular weight excluding hydrogens is 451 g/mol. The fraction of sp³-hybridized carbons (Fsp3) is 0.353. The van der Waals surface area contributed by atoms with Crippen LogP contribution in [0.15, 0.2) is 55.2 Å². The number of halogens is 1. The Labute approximate surface area is 161 Å². The molecule has 0 aliphatic carbocycles. The minimum Gasteiger partial charge on any atom is -0.467 e. The van der Waals surface area contributed by atoms with Gasteiger partial charge in [0.2, 0.25) is 5.82 Å². The lowest BCUT2D eigenvalue weighted by atomic mass is 9.98. The van der Waals surface area contributed by atoms with Crippen LogP contribution in [0.3, 0.4) is 0 Å². The van der Waals surface area contributed by atoms with Crippen LogP contribution in [0.5, 0.6) is 0 Å². The molecular formula is C17H19IN4O4. The second kappa shape index (κ2) is 8.04. The normalized spacial score (nSPS) is 22.8. The third kappa shape index (κ3) is 3.98. The average molecular weight is 470 g/mol. The number of likely N-dealkylation sites (tertiary alicyclic amines) is 1. The molecule has 0 bridgehead atoms. The van der Waals surface area contributed by atoms with Crippen molar-refractivity contribution in [1.82, 2.24) is 10.2 Å². The summed E-state index contributed by atoms with van der Waals surface area (Å²) in [5.41, 5.74) is 0.00805. The van der Waals surface area contributed by atoms with Gasteiger partial charge in [0.25, 0.3) is 0 Å². The molecule has 0 spiro atoms. The third-order valence-corrected chi connectivity index (χ3v) is 5.82. The van der Waals surface area contributed by atoms with Crippen molar-refractivity contribution in [2.24, 2.45) is 3.15 Å². The lowest BCUT2D eigenvalue weighted by Crippen LogP contribution is -2.54. The van der Waals surface area contributed by atoms with E-state index in [4.69, 9.17) is 4.74 Å². The minimum absolute atomic E-state index is 0.110. The van der Waals surface area contributed by atoms with E-state index in [-0.39, 0.29) is 11.5 Å². The number of rotatable bonds is 6. The van der Waals surface area contributed by atoms with E-state index in [1.165, 1.54) is 13.2 Å². The Balaban J connectivity index is 1.82. The first kappa shape index (κ1) is 18.6. The van der Waals surface area contributed by atoms with E-state index in [0.29, 0.717) is 26.1 Å². The van der Waals surface area contributed by atoms with E-state index < -0.39 is 37.5 Å². The van der Waals surface area contributed by atoms with Gasteiger partial charge in [-0.25, -0.2) is 4.79 Å². The van der Waals surface area contributed by atoms with Crippen molar-refractivity contribution in [3.63, 3.8) is 0 Å². The van der Waals surface area contributed by atoms with E-state index in [2.05, 4.69) is 13.4 Å². The van der Waals surface area contributed by atoms with Gasteiger partial charge in [0, 0.05) is 46.7 Å². The van der Waals surface area contributed by atoms with Crippen LogP contribution >= 0.6 is 21.0 Å². The molecule has 0 amide bonds. The van der Waals surface area contributed by atoms with Gasteiger partial charge in [0.1, 0.15) is 0 Å². The number of ether oxygens (including phenoxy) is 1. The molecule has 0 aromatic heterocycles. The van der Waals surface area contributed by atoms with Gasteiger partial charge in [-0.05, 0) is 16.1 Å². The zero-order chi connectivity index (χ0) is 18.6. The number of nitrogens with one attached hydrogen (secondary N) is 1. The molecule has 9 heteroatoms. The second-order valence-corrected chi connectivity index (χ2v) is 7.87. The van der Waals surface area contributed by atoms with Gasteiger partial charge < -0.3 is 10.1 Å². The van der Waals surface area contributed by atoms with E-state index in [1.54, 1.807) is 4.08 Å². The minimum atomic E-state index is -1.03. The lowest BCUT2D eigenvalue weighted by Gasteiger charge is -2.28.